The van der Waals surface area contributed by atoms with Crippen molar-refractivity contribution >= 4 is 17.5 Å². The molecule has 1 aromatic heterocycles. The lowest BCUT2D eigenvalue weighted by Crippen LogP contribution is -2.25. The molecule has 0 atom stereocenters. The summed E-state index contributed by atoms with van der Waals surface area (Å²) in [5, 5.41) is 3.54. The first-order valence-electron chi connectivity index (χ1n) is 6.07. The highest BCUT2D eigenvalue weighted by atomic mass is 35.5. The van der Waals surface area contributed by atoms with E-state index in [1.165, 1.54) is 0 Å². The number of nitrogens with zero attached hydrogens (tertiary/aromatic N) is 1. The van der Waals surface area contributed by atoms with Crippen LogP contribution in [0.25, 0.3) is 0 Å². The first-order valence-corrected chi connectivity index (χ1v) is 6.44. The van der Waals surface area contributed by atoms with Gasteiger partial charge in [-0.2, -0.15) is 0 Å². The van der Waals surface area contributed by atoms with Crippen LogP contribution in [-0.4, -0.2) is 10.9 Å². The van der Waals surface area contributed by atoms with E-state index in [4.69, 9.17) is 11.6 Å². The Hall–Kier alpha value is -1.87. The van der Waals surface area contributed by atoms with Gasteiger partial charge in [-0.3, -0.25) is 9.78 Å². The third-order valence-electron chi connectivity index (χ3n) is 2.85. The molecule has 2 rings (SSSR count). The number of carbonyl (C=O) groups is 1. The molecule has 0 bridgehead atoms. The molecule has 3 nitrogen and oxygen atoms in total. The van der Waals surface area contributed by atoms with Crippen molar-refractivity contribution in [2.75, 3.05) is 0 Å². The van der Waals surface area contributed by atoms with Gasteiger partial charge in [0.1, 0.15) is 0 Å². The first-order chi connectivity index (χ1) is 9.15. The molecule has 0 saturated heterocycles. The highest BCUT2D eigenvalue weighted by Gasteiger charge is 2.06. The molecule has 0 radical (unpaired) electrons. The van der Waals surface area contributed by atoms with E-state index in [-0.39, 0.29) is 5.91 Å². The molecule has 19 heavy (non-hydrogen) atoms. The topological polar surface area (TPSA) is 42.0 Å². The first kappa shape index (κ1) is 13.6. The molecule has 4 heteroatoms. The van der Waals surface area contributed by atoms with Gasteiger partial charge in [0.05, 0.1) is 18.7 Å². The van der Waals surface area contributed by atoms with Crippen LogP contribution in [0.5, 0.6) is 0 Å². The van der Waals surface area contributed by atoms with Crippen molar-refractivity contribution in [1.82, 2.24) is 10.3 Å². The Labute approximate surface area is 117 Å². The summed E-state index contributed by atoms with van der Waals surface area (Å²) in [5.41, 5.74) is 2.87. The molecule has 0 spiro atoms. The lowest BCUT2D eigenvalue weighted by Gasteiger charge is -2.07. The molecule has 0 aliphatic carbocycles. The molecule has 1 N–H and O–H groups in total. The van der Waals surface area contributed by atoms with Crippen molar-refractivity contribution in [1.29, 1.82) is 0 Å². The summed E-state index contributed by atoms with van der Waals surface area (Å²) < 4.78 is 0. The van der Waals surface area contributed by atoms with E-state index in [0.717, 1.165) is 16.8 Å². The average molecular weight is 275 g/mol. The molecule has 0 fully saturated rings. The highest BCUT2D eigenvalue weighted by Crippen LogP contribution is 2.15. The maximum atomic E-state index is 11.9. The molecule has 0 aliphatic heterocycles. The monoisotopic (exact) mass is 274 g/mol. The van der Waals surface area contributed by atoms with E-state index in [2.05, 4.69) is 10.3 Å². The number of amides is 1. The van der Waals surface area contributed by atoms with Crippen LogP contribution in [0.15, 0.2) is 42.6 Å². The predicted molar refractivity (Wildman–Crippen MR) is 76.0 cm³/mol. The van der Waals surface area contributed by atoms with Gasteiger partial charge in [-0.05, 0) is 42.3 Å². The Morgan fingerprint density at radius 1 is 1.32 bits per heavy atom. The second-order valence-corrected chi connectivity index (χ2v) is 4.78. The average Bonchev–Trinajstić information content (AvgIpc) is 2.41. The van der Waals surface area contributed by atoms with Gasteiger partial charge < -0.3 is 5.32 Å². The number of benzene rings is 1. The van der Waals surface area contributed by atoms with Crippen molar-refractivity contribution in [3.8, 4) is 0 Å². The quantitative estimate of drug-likeness (QED) is 0.931. The second kappa shape index (κ2) is 6.34. The Balaban J connectivity index is 1.91. The zero-order valence-corrected chi connectivity index (χ0v) is 11.4. The van der Waals surface area contributed by atoms with E-state index < -0.39 is 0 Å². The van der Waals surface area contributed by atoms with E-state index >= 15 is 0 Å². The largest absolute Gasteiger partial charge is 0.350 e. The smallest absolute Gasteiger partial charge is 0.224 e. The molecule has 0 saturated carbocycles. The lowest BCUT2D eigenvalue weighted by atomic mass is 10.1. The fourth-order valence-corrected chi connectivity index (χ4v) is 2.01. The molecule has 1 aromatic carbocycles. The van der Waals surface area contributed by atoms with E-state index in [1.54, 1.807) is 12.3 Å². The van der Waals surface area contributed by atoms with Gasteiger partial charge in [0.2, 0.25) is 5.91 Å². The van der Waals surface area contributed by atoms with Crippen LogP contribution in [0.3, 0.4) is 0 Å². The number of hydrogen-bond acceptors (Lipinski definition) is 2. The van der Waals surface area contributed by atoms with Crippen molar-refractivity contribution in [3.05, 3.63) is 64.4 Å². The van der Waals surface area contributed by atoms with Gasteiger partial charge in [-0.1, -0.05) is 23.7 Å². The number of pyridine rings is 1. The SMILES string of the molecule is Cc1cc(Cl)ccc1CC(=O)NCc1ccccn1. The normalized spacial score (nSPS) is 10.2. The van der Waals surface area contributed by atoms with Crippen LogP contribution in [0.1, 0.15) is 16.8 Å². The fraction of sp³-hybridized carbons (Fsp3) is 0.200. The fourth-order valence-electron chi connectivity index (χ4n) is 1.78. The van der Waals surface area contributed by atoms with Gasteiger partial charge in [-0.25, -0.2) is 0 Å². The number of halogens is 1. The van der Waals surface area contributed by atoms with Crippen molar-refractivity contribution < 1.29 is 4.79 Å². The summed E-state index contributed by atoms with van der Waals surface area (Å²) in [6.45, 7) is 2.40. The zero-order chi connectivity index (χ0) is 13.7. The molecule has 1 heterocycles. The third-order valence-corrected chi connectivity index (χ3v) is 3.08. The molecule has 2 aromatic rings. The summed E-state index contributed by atoms with van der Waals surface area (Å²) in [6.07, 6.45) is 2.07. The van der Waals surface area contributed by atoms with Gasteiger partial charge in [-0.15, -0.1) is 0 Å². The predicted octanol–water partition coefficient (Wildman–Crippen LogP) is 2.90. The number of aromatic nitrogens is 1. The highest BCUT2D eigenvalue weighted by molar-refractivity contribution is 6.30. The maximum Gasteiger partial charge on any atom is 0.224 e. The second-order valence-electron chi connectivity index (χ2n) is 4.35. The van der Waals surface area contributed by atoms with Crippen LogP contribution in [0.4, 0.5) is 0 Å². The molecule has 0 unspecified atom stereocenters. The number of nitrogens with one attached hydrogen (secondary N) is 1. The lowest BCUT2D eigenvalue weighted by molar-refractivity contribution is -0.120. The van der Waals surface area contributed by atoms with Crippen molar-refractivity contribution in [2.45, 2.75) is 19.9 Å². The number of carbonyl (C=O) groups excluding carboxylic acids is 1. The van der Waals surface area contributed by atoms with Crippen LogP contribution < -0.4 is 5.32 Å². The summed E-state index contributed by atoms with van der Waals surface area (Å²) >= 11 is 5.89. The summed E-state index contributed by atoms with van der Waals surface area (Å²) in [4.78, 5) is 16.0. The number of rotatable bonds is 4. The van der Waals surface area contributed by atoms with E-state index in [0.29, 0.717) is 18.0 Å². The number of aryl methyl sites for hydroxylation is 1. The van der Waals surface area contributed by atoms with Crippen molar-refractivity contribution in [3.63, 3.8) is 0 Å². The minimum atomic E-state index is -0.0175. The molecule has 0 aliphatic rings. The summed E-state index contributed by atoms with van der Waals surface area (Å²) in [5.74, 6) is -0.0175. The molecular weight excluding hydrogens is 260 g/mol. The van der Waals surface area contributed by atoms with Gasteiger partial charge in [0, 0.05) is 11.2 Å². The van der Waals surface area contributed by atoms with Crippen LogP contribution in [0, 0.1) is 6.92 Å². The molecular formula is C15H15ClN2O. The Morgan fingerprint density at radius 3 is 2.84 bits per heavy atom. The van der Waals surface area contributed by atoms with Crippen LogP contribution >= 0.6 is 11.6 Å². The standard InChI is InChI=1S/C15H15ClN2O/c1-11-8-13(16)6-5-12(11)9-15(19)18-10-14-4-2-3-7-17-14/h2-8H,9-10H2,1H3,(H,18,19). The van der Waals surface area contributed by atoms with Crippen LogP contribution in [-0.2, 0) is 17.8 Å². The van der Waals surface area contributed by atoms with Crippen molar-refractivity contribution in [2.24, 2.45) is 0 Å². The molecule has 1 amide bonds. The Morgan fingerprint density at radius 2 is 2.16 bits per heavy atom. The van der Waals surface area contributed by atoms with Gasteiger partial charge in [0.15, 0.2) is 0 Å². The summed E-state index contributed by atoms with van der Waals surface area (Å²) in [6, 6.07) is 11.2. The van der Waals surface area contributed by atoms with Gasteiger partial charge >= 0.3 is 0 Å². The number of hydrogen-bond donors (Lipinski definition) is 1. The Bertz CT molecular complexity index is 570. The van der Waals surface area contributed by atoms with E-state index in [9.17, 15) is 4.79 Å². The van der Waals surface area contributed by atoms with Gasteiger partial charge in [0.25, 0.3) is 0 Å². The molecule has 98 valence electrons. The third kappa shape index (κ3) is 4.07. The minimum absolute atomic E-state index is 0.0175. The Kier molecular flexibility index (Phi) is 4.53. The van der Waals surface area contributed by atoms with Crippen LogP contribution in [0.2, 0.25) is 5.02 Å². The maximum absolute atomic E-state index is 11.9. The minimum Gasteiger partial charge on any atom is -0.350 e. The van der Waals surface area contributed by atoms with E-state index in [1.807, 2.05) is 37.3 Å². The summed E-state index contributed by atoms with van der Waals surface area (Å²) in [7, 11) is 0. The zero-order valence-electron chi connectivity index (χ0n) is 10.7.